The van der Waals surface area contributed by atoms with Crippen molar-refractivity contribution in [1.82, 2.24) is 4.90 Å². The quantitative estimate of drug-likeness (QED) is 0.866. The van der Waals surface area contributed by atoms with Gasteiger partial charge in [-0.1, -0.05) is 0 Å². The molecule has 1 aliphatic heterocycles. The third-order valence-electron chi connectivity index (χ3n) is 3.73. The van der Waals surface area contributed by atoms with Crippen molar-refractivity contribution in [2.45, 2.75) is 12.5 Å². The highest BCUT2D eigenvalue weighted by molar-refractivity contribution is 5.97. The Kier molecular flexibility index (Phi) is 4.74. The first kappa shape index (κ1) is 15.7. The van der Waals surface area contributed by atoms with E-state index in [9.17, 15) is 18.7 Å². The lowest BCUT2D eigenvalue weighted by atomic mass is 9.94. The summed E-state index contributed by atoms with van der Waals surface area (Å²) < 4.78 is 32.1. The maximum absolute atomic E-state index is 13.9. The summed E-state index contributed by atoms with van der Waals surface area (Å²) in [7, 11) is 1.26. The van der Waals surface area contributed by atoms with Crippen molar-refractivity contribution in [2.24, 2.45) is 5.92 Å². The van der Waals surface area contributed by atoms with Crippen molar-refractivity contribution in [3.63, 3.8) is 0 Å². The standard InChI is InChI=1S/C14H17F2NO4/c1-21-11-3-2-9(15)13(16)12(11)14(20)17-5-4-8(7-18)10(19)6-17/h2-3,8,10,18-19H,4-7H2,1H3/t8-,10+/m0/s1. The molecule has 1 amide bonds. The number of carbonyl (C=O) groups is 1. The van der Waals surface area contributed by atoms with Crippen LogP contribution in [-0.2, 0) is 0 Å². The molecule has 0 spiro atoms. The molecule has 2 N–H and O–H groups in total. The summed E-state index contributed by atoms with van der Waals surface area (Å²) >= 11 is 0. The van der Waals surface area contributed by atoms with Gasteiger partial charge in [0.25, 0.3) is 5.91 Å². The van der Waals surface area contributed by atoms with Gasteiger partial charge in [0.05, 0.1) is 13.2 Å². The van der Waals surface area contributed by atoms with Gasteiger partial charge < -0.3 is 19.8 Å². The fourth-order valence-electron chi connectivity index (χ4n) is 2.44. The number of rotatable bonds is 3. The third-order valence-corrected chi connectivity index (χ3v) is 3.73. The molecular formula is C14H17F2NO4. The lowest BCUT2D eigenvalue weighted by molar-refractivity contribution is 0.000550. The molecule has 0 saturated carbocycles. The van der Waals surface area contributed by atoms with E-state index in [0.717, 1.165) is 6.07 Å². The molecule has 1 aromatic carbocycles. The van der Waals surface area contributed by atoms with E-state index in [4.69, 9.17) is 9.84 Å². The molecule has 2 atom stereocenters. The van der Waals surface area contributed by atoms with Crippen LogP contribution >= 0.6 is 0 Å². The summed E-state index contributed by atoms with van der Waals surface area (Å²) in [6.45, 7) is 0.0320. The van der Waals surface area contributed by atoms with E-state index < -0.39 is 29.2 Å². The van der Waals surface area contributed by atoms with E-state index in [1.54, 1.807) is 0 Å². The van der Waals surface area contributed by atoms with E-state index >= 15 is 0 Å². The molecule has 0 unspecified atom stereocenters. The Hall–Kier alpha value is -1.73. The van der Waals surface area contributed by atoms with Crippen LogP contribution in [0.5, 0.6) is 5.75 Å². The van der Waals surface area contributed by atoms with Gasteiger partial charge in [0, 0.05) is 25.6 Å². The molecule has 1 heterocycles. The minimum absolute atomic E-state index is 0.0385. The predicted molar refractivity (Wildman–Crippen MR) is 70.0 cm³/mol. The van der Waals surface area contributed by atoms with Crippen molar-refractivity contribution in [2.75, 3.05) is 26.8 Å². The molecule has 7 heteroatoms. The molecular weight excluding hydrogens is 284 g/mol. The zero-order valence-electron chi connectivity index (χ0n) is 11.6. The number of amides is 1. The van der Waals surface area contributed by atoms with Gasteiger partial charge in [-0.05, 0) is 18.6 Å². The molecule has 0 aromatic heterocycles. The van der Waals surface area contributed by atoms with Crippen molar-refractivity contribution in [3.8, 4) is 5.75 Å². The summed E-state index contributed by atoms with van der Waals surface area (Å²) in [5.41, 5.74) is -0.479. The lowest BCUT2D eigenvalue weighted by Crippen LogP contribution is -2.47. The number of β-amino-alcohol motifs (C(OH)–C–C–N with tert-alkyl or cyclic N) is 1. The van der Waals surface area contributed by atoms with Crippen molar-refractivity contribution in [3.05, 3.63) is 29.3 Å². The van der Waals surface area contributed by atoms with Gasteiger partial charge in [0.15, 0.2) is 11.6 Å². The molecule has 2 rings (SSSR count). The van der Waals surface area contributed by atoms with Gasteiger partial charge in [-0.25, -0.2) is 8.78 Å². The number of benzene rings is 1. The smallest absolute Gasteiger partial charge is 0.260 e. The topological polar surface area (TPSA) is 70.0 Å². The third kappa shape index (κ3) is 2.98. The van der Waals surface area contributed by atoms with Gasteiger partial charge in [-0.2, -0.15) is 0 Å². The lowest BCUT2D eigenvalue weighted by Gasteiger charge is -2.35. The van der Waals surface area contributed by atoms with Crippen LogP contribution in [0.1, 0.15) is 16.8 Å². The van der Waals surface area contributed by atoms with E-state index in [2.05, 4.69) is 0 Å². The van der Waals surface area contributed by atoms with Crippen LogP contribution in [0, 0.1) is 17.6 Å². The minimum atomic E-state index is -1.27. The molecule has 1 fully saturated rings. The highest BCUT2D eigenvalue weighted by Gasteiger charge is 2.33. The Labute approximate surface area is 120 Å². The number of carbonyl (C=O) groups excluding carboxylic acids is 1. The number of ether oxygens (including phenoxy) is 1. The number of aliphatic hydroxyl groups excluding tert-OH is 2. The Morgan fingerprint density at radius 2 is 2.19 bits per heavy atom. The monoisotopic (exact) mass is 301 g/mol. The molecule has 0 radical (unpaired) electrons. The normalized spacial score (nSPS) is 22.2. The second-order valence-electron chi connectivity index (χ2n) is 4.99. The summed E-state index contributed by atoms with van der Waals surface area (Å²) in [4.78, 5) is 13.6. The molecule has 0 aliphatic carbocycles. The average Bonchev–Trinajstić information content (AvgIpc) is 2.49. The van der Waals surface area contributed by atoms with Crippen LogP contribution in [0.3, 0.4) is 0 Å². The second kappa shape index (κ2) is 6.36. The maximum Gasteiger partial charge on any atom is 0.260 e. The number of aliphatic hydroxyl groups is 2. The van der Waals surface area contributed by atoms with Crippen molar-refractivity contribution < 1.29 is 28.5 Å². The second-order valence-corrected chi connectivity index (χ2v) is 4.99. The summed E-state index contributed by atoms with van der Waals surface area (Å²) in [5.74, 6) is -3.51. The van der Waals surface area contributed by atoms with Crippen molar-refractivity contribution in [1.29, 1.82) is 0 Å². The van der Waals surface area contributed by atoms with Crippen LogP contribution in [0.25, 0.3) is 0 Å². The van der Waals surface area contributed by atoms with E-state index in [1.807, 2.05) is 0 Å². The Morgan fingerprint density at radius 3 is 2.76 bits per heavy atom. The molecule has 0 bridgehead atoms. The molecule has 1 saturated heterocycles. The maximum atomic E-state index is 13.9. The van der Waals surface area contributed by atoms with Gasteiger partial charge >= 0.3 is 0 Å². The molecule has 1 aliphatic rings. The number of piperidine rings is 1. The number of methoxy groups -OCH3 is 1. The van der Waals surface area contributed by atoms with Gasteiger partial charge in [0.1, 0.15) is 11.3 Å². The van der Waals surface area contributed by atoms with Gasteiger partial charge in [-0.15, -0.1) is 0 Å². The number of halogens is 2. The number of hydrogen-bond donors (Lipinski definition) is 2. The molecule has 1 aromatic rings. The highest BCUT2D eigenvalue weighted by atomic mass is 19.2. The van der Waals surface area contributed by atoms with E-state index in [1.165, 1.54) is 18.1 Å². The Morgan fingerprint density at radius 1 is 1.48 bits per heavy atom. The molecule has 116 valence electrons. The SMILES string of the molecule is COc1ccc(F)c(F)c1C(=O)N1CC[C@@H](CO)[C@H](O)C1. The zero-order valence-corrected chi connectivity index (χ0v) is 11.6. The summed E-state index contributed by atoms with van der Waals surface area (Å²) in [6.07, 6.45) is -0.502. The zero-order chi connectivity index (χ0) is 15.6. The van der Waals surface area contributed by atoms with Crippen LogP contribution in [0.4, 0.5) is 8.78 Å². The summed E-state index contributed by atoms with van der Waals surface area (Å²) in [6, 6.07) is 2.07. The van der Waals surface area contributed by atoms with Crippen LogP contribution in [-0.4, -0.2) is 53.9 Å². The van der Waals surface area contributed by atoms with Gasteiger partial charge in [0.2, 0.25) is 0 Å². The minimum Gasteiger partial charge on any atom is -0.496 e. The first-order valence-corrected chi connectivity index (χ1v) is 6.59. The fraction of sp³-hybridized carbons (Fsp3) is 0.500. The van der Waals surface area contributed by atoms with Crippen LogP contribution in [0.2, 0.25) is 0 Å². The number of likely N-dealkylation sites (tertiary alicyclic amines) is 1. The number of hydrogen-bond acceptors (Lipinski definition) is 4. The first-order valence-electron chi connectivity index (χ1n) is 6.59. The summed E-state index contributed by atoms with van der Waals surface area (Å²) in [5, 5.41) is 18.9. The predicted octanol–water partition coefficient (Wildman–Crippen LogP) is 0.789. The number of nitrogens with zero attached hydrogens (tertiary/aromatic N) is 1. The Bertz CT molecular complexity index is 538. The van der Waals surface area contributed by atoms with Crippen molar-refractivity contribution >= 4 is 5.91 Å². The van der Waals surface area contributed by atoms with E-state index in [-0.39, 0.29) is 31.4 Å². The molecule has 5 nitrogen and oxygen atoms in total. The largest absolute Gasteiger partial charge is 0.496 e. The Balaban J connectivity index is 2.27. The van der Waals surface area contributed by atoms with Crippen LogP contribution in [0.15, 0.2) is 12.1 Å². The highest BCUT2D eigenvalue weighted by Crippen LogP contribution is 2.27. The average molecular weight is 301 g/mol. The van der Waals surface area contributed by atoms with E-state index in [0.29, 0.717) is 6.42 Å². The van der Waals surface area contributed by atoms with Gasteiger partial charge in [-0.3, -0.25) is 4.79 Å². The molecule has 21 heavy (non-hydrogen) atoms. The first-order chi connectivity index (χ1) is 9.99. The fourth-order valence-corrected chi connectivity index (χ4v) is 2.44. The van der Waals surface area contributed by atoms with Crippen LogP contribution < -0.4 is 4.74 Å².